The molecule has 102 valence electrons. The highest BCUT2D eigenvalue weighted by molar-refractivity contribution is 5.53. The van der Waals surface area contributed by atoms with Gasteiger partial charge in [0.15, 0.2) is 0 Å². The SMILES string of the molecule is Cc1cccc(C)c1CC(N)c1cnn2ccncc12. The second-order valence-electron chi connectivity index (χ2n) is 5.19. The van der Waals surface area contributed by atoms with Crippen molar-refractivity contribution in [2.75, 3.05) is 0 Å². The molecule has 4 heteroatoms. The Labute approximate surface area is 118 Å². The lowest BCUT2D eigenvalue weighted by Crippen LogP contribution is -2.14. The summed E-state index contributed by atoms with van der Waals surface area (Å²) >= 11 is 0. The van der Waals surface area contributed by atoms with Crippen molar-refractivity contribution in [3.05, 3.63) is 65.2 Å². The molecule has 1 atom stereocenters. The van der Waals surface area contributed by atoms with Crippen LogP contribution in [0.5, 0.6) is 0 Å². The van der Waals surface area contributed by atoms with Crippen LogP contribution in [0.1, 0.15) is 28.3 Å². The van der Waals surface area contributed by atoms with Crippen molar-refractivity contribution in [3.8, 4) is 0 Å². The lowest BCUT2D eigenvalue weighted by atomic mass is 9.94. The zero-order valence-electron chi connectivity index (χ0n) is 11.7. The molecule has 0 aliphatic heterocycles. The van der Waals surface area contributed by atoms with Crippen LogP contribution in [0.4, 0.5) is 0 Å². The monoisotopic (exact) mass is 266 g/mol. The molecule has 1 aromatic carbocycles. The molecule has 0 aliphatic rings. The standard InChI is InChI=1S/C16H18N4/c1-11-4-3-5-12(2)13(11)8-15(17)14-9-19-20-7-6-18-10-16(14)20/h3-7,9-10,15H,8,17H2,1-2H3. The molecule has 0 radical (unpaired) electrons. The zero-order valence-corrected chi connectivity index (χ0v) is 11.7. The van der Waals surface area contributed by atoms with Crippen molar-refractivity contribution >= 4 is 5.52 Å². The highest BCUT2D eigenvalue weighted by Crippen LogP contribution is 2.23. The van der Waals surface area contributed by atoms with Gasteiger partial charge in [-0.25, -0.2) is 4.52 Å². The Morgan fingerprint density at radius 2 is 1.95 bits per heavy atom. The minimum Gasteiger partial charge on any atom is -0.324 e. The minimum atomic E-state index is -0.0727. The number of benzene rings is 1. The van der Waals surface area contributed by atoms with Crippen LogP contribution in [0.2, 0.25) is 0 Å². The Bertz CT molecular complexity index is 725. The molecule has 0 saturated heterocycles. The quantitative estimate of drug-likeness (QED) is 0.792. The van der Waals surface area contributed by atoms with Gasteiger partial charge < -0.3 is 5.73 Å². The van der Waals surface area contributed by atoms with Crippen molar-refractivity contribution in [1.82, 2.24) is 14.6 Å². The number of nitrogens with zero attached hydrogens (tertiary/aromatic N) is 3. The van der Waals surface area contributed by atoms with Crippen LogP contribution >= 0.6 is 0 Å². The fraction of sp³-hybridized carbons (Fsp3) is 0.250. The Morgan fingerprint density at radius 3 is 2.70 bits per heavy atom. The predicted molar refractivity (Wildman–Crippen MR) is 79.5 cm³/mol. The van der Waals surface area contributed by atoms with E-state index < -0.39 is 0 Å². The van der Waals surface area contributed by atoms with Crippen LogP contribution in [-0.4, -0.2) is 14.6 Å². The van der Waals surface area contributed by atoms with Crippen LogP contribution < -0.4 is 5.73 Å². The van der Waals surface area contributed by atoms with Crippen molar-refractivity contribution in [3.63, 3.8) is 0 Å². The van der Waals surface area contributed by atoms with Crippen LogP contribution in [0.15, 0.2) is 43.0 Å². The Hall–Kier alpha value is -2.20. The van der Waals surface area contributed by atoms with E-state index in [-0.39, 0.29) is 6.04 Å². The number of nitrogens with two attached hydrogens (primary N) is 1. The van der Waals surface area contributed by atoms with E-state index in [1.807, 2.05) is 23.1 Å². The molecule has 0 bridgehead atoms. The molecule has 3 aromatic rings. The fourth-order valence-electron chi connectivity index (χ4n) is 2.64. The van der Waals surface area contributed by atoms with E-state index in [0.717, 1.165) is 17.5 Å². The van der Waals surface area contributed by atoms with Gasteiger partial charge in [-0.15, -0.1) is 0 Å². The number of aromatic nitrogens is 3. The number of fused-ring (bicyclic) bond motifs is 1. The topological polar surface area (TPSA) is 56.2 Å². The van der Waals surface area contributed by atoms with Gasteiger partial charge in [0.1, 0.15) is 0 Å². The molecule has 2 aromatic heterocycles. The van der Waals surface area contributed by atoms with Gasteiger partial charge in [-0.05, 0) is 37.0 Å². The molecule has 0 fully saturated rings. The summed E-state index contributed by atoms with van der Waals surface area (Å²) < 4.78 is 1.81. The first kappa shape index (κ1) is 12.8. The normalized spacial score (nSPS) is 12.8. The molecule has 0 aliphatic carbocycles. The maximum absolute atomic E-state index is 6.39. The third-order valence-electron chi connectivity index (χ3n) is 3.82. The maximum atomic E-state index is 6.39. The highest BCUT2D eigenvalue weighted by atomic mass is 15.2. The first-order valence-electron chi connectivity index (χ1n) is 6.74. The third kappa shape index (κ3) is 2.18. The largest absolute Gasteiger partial charge is 0.324 e. The molecule has 0 saturated carbocycles. The zero-order chi connectivity index (χ0) is 14.1. The summed E-state index contributed by atoms with van der Waals surface area (Å²) in [5.74, 6) is 0. The second-order valence-corrected chi connectivity index (χ2v) is 5.19. The first-order chi connectivity index (χ1) is 9.66. The predicted octanol–water partition coefficient (Wildman–Crippen LogP) is 2.59. The van der Waals surface area contributed by atoms with Crippen LogP contribution in [0.3, 0.4) is 0 Å². The second kappa shape index (κ2) is 5.06. The van der Waals surface area contributed by atoms with Crippen LogP contribution in [0.25, 0.3) is 5.52 Å². The molecule has 3 rings (SSSR count). The third-order valence-corrected chi connectivity index (χ3v) is 3.82. The van der Waals surface area contributed by atoms with Crippen LogP contribution in [0, 0.1) is 13.8 Å². The van der Waals surface area contributed by atoms with Gasteiger partial charge in [-0.3, -0.25) is 4.98 Å². The molecular weight excluding hydrogens is 248 g/mol. The van der Waals surface area contributed by atoms with Crippen molar-refractivity contribution in [2.45, 2.75) is 26.3 Å². The molecule has 1 unspecified atom stereocenters. The smallest absolute Gasteiger partial charge is 0.0892 e. The first-order valence-corrected chi connectivity index (χ1v) is 6.74. The van der Waals surface area contributed by atoms with E-state index >= 15 is 0 Å². The number of hydrogen-bond donors (Lipinski definition) is 1. The molecule has 0 amide bonds. The lowest BCUT2D eigenvalue weighted by Gasteiger charge is -2.15. The summed E-state index contributed by atoms with van der Waals surface area (Å²) in [6, 6.07) is 6.27. The summed E-state index contributed by atoms with van der Waals surface area (Å²) in [4.78, 5) is 4.15. The molecule has 0 spiro atoms. The Balaban J connectivity index is 1.95. The van der Waals surface area contributed by atoms with E-state index in [9.17, 15) is 0 Å². The molecular formula is C16H18N4. The van der Waals surface area contributed by atoms with Gasteiger partial charge in [-0.2, -0.15) is 5.10 Å². The summed E-state index contributed by atoms with van der Waals surface area (Å²) in [6.45, 7) is 4.26. The van der Waals surface area contributed by atoms with Gasteiger partial charge in [0.05, 0.1) is 17.9 Å². The molecule has 2 heterocycles. The van der Waals surface area contributed by atoms with Crippen molar-refractivity contribution in [1.29, 1.82) is 0 Å². The van der Waals surface area contributed by atoms with E-state index in [2.05, 4.69) is 42.1 Å². The average Bonchev–Trinajstić information content (AvgIpc) is 2.87. The molecule has 20 heavy (non-hydrogen) atoms. The van der Waals surface area contributed by atoms with E-state index in [1.165, 1.54) is 16.7 Å². The fourth-order valence-corrected chi connectivity index (χ4v) is 2.64. The molecule has 4 nitrogen and oxygen atoms in total. The maximum Gasteiger partial charge on any atom is 0.0892 e. The lowest BCUT2D eigenvalue weighted by molar-refractivity contribution is 0.721. The van der Waals surface area contributed by atoms with Gasteiger partial charge in [0, 0.05) is 24.0 Å². The Morgan fingerprint density at radius 1 is 1.20 bits per heavy atom. The molecule has 2 N–H and O–H groups in total. The van der Waals surface area contributed by atoms with E-state index in [0.29, 0.717) is 0 Å². The van der Waals surface area contributed by atoms with Crippen molar-refractivity contribution in [2.24, 2.45) is 5.73 Å². The van der Waals surface area contributed by atoms with Crippen LogP contribution in [-0.2, 0) is 6.42 Å². The summed E-state index contributed by atoms with van der Waals surface area (Å²) in [7, 11) is 0. The van der Waals surface area contributed by atoms with Gasteiger partial charge in [0.25, 0.3) is 0 Å². The van der Waals surface area contributed by atoms with Gasteiger partial charge >= 0.3 is 0 Å². The number of hydrogen-bond acceptors (Lipinski definition) is 3. The summed E-state index contributed by atoms with van der Waals surface area (Å²) in [5, 5.41) is 4.32. The summed E-state index contributed by atoms with van der Waals surface area (Å²) in [5.41, 5.74) is 12.3. The highest BCUT2D eigenvalue weighted by Gasteiger charge is 2.15. The Kier molecular flexibility index (Phi) is 3.24. The van der Waals surface area contributed by atoms with E-state index in [1.54, 1.807) is 6.20 Å². The average molecular weight is 266 g/mol. The van der Waals surface area contributed by atoms with Crippen molar-refractivity contribution < 1.29 is 0 Å². The van der Waals surface area contributed by atoms with E-state index in [4.69, 9.17) is 5.73 Å². The minimum absolute atomic E-state index is 0.0727. The number of aryl methyl sites for hydroxylation is 2. The number of rotatable bonds is 3. The van der Waals surface area contributed by atoms with Gasteiger partial charge in [-0.1, -0.05) is 18.2 Å². The van der Waals surface area contributed by atoms with Gasteiger partial charge in [0.2, 0.25) is 0 Å². The summed E-state index contributed by atoms with van der Waals surface area (Å²) in [6.07, 6.45) is 8.03.